The summed E-state index contributed by atoms with van der Waals surface area (Å²) in [6.45, 7) is 15.4. The number of imidazole rings is 1. The second kappa shape index (κ2) is 12.5. The van der Waals surface area contributed by atoms with E-state index in [0.29, 0.717) is 23.2 Å². The van der Waals surface area contributed by atoms with Gasteiger partial charge < -0.3 is 11.1 Å². The lowest BCUT2D eigenvalue weighted by molar-refractivity contribution is -0.0528. The highest BCUT2D eigenvalue weighted by molar-refractivity contribution is 5.76. The lowest BCUT2D eigenvalue weighted by Crippen LogP contribution is -2.50. The maximum Gasteiger partial charge on any atom is 0.326 e. The molecule has 9 atom stereocenters. The van der Waals surface area contributed by atoms with E-state index in [0.717, 1.165) is 54.2 Å². The Hall–Kier alpha value is -1.62. The van der Waals surface area contributed by atoms with Crippen LogP contribution >= 0.6 is 0 Å². The number of nitrogens with two attached hydrogens (primary N) is 1. The number of allylic oxidation sites excluding steroid dienone is 2. The number of hydrogen-bond donors (Lipinski definition) is 2. The maximum atomic E-state index is 12.7. The third kappa shape index (κ3) is 6.36. The zero-order valence-corrected chi connectivity index (χ0v) is 27.1. The van der Waals surface area contributed by atoms with Crippen molar-refractivity contribution in [1.82, 2.24) is 14.9 Å². The molecule has 5 rings (SSSR count). The van der Waals surface area contributed by atoms with Gasteiger partial charge in [0.2, 0.25) is 0 Å². The van der Waals surface area contributed by atoms with Crippen LogP contribution in [-0.2, 0) is 6.42 Å². The number of hydrogen-bond acceptors (Lipinski definition) is 3. The van der Waals surface area contributed by atoms with Gasteiger partial charge >= 0.3 is 6.03 Å². The van der Waals surface area contributed by atoms with E-state index >= 15 is 0 Å². The van der Waals surface area contributed by atoms with Crippen molar-refractivity contribution in [3.05, 3.63) is 29.9 Å². The molecule has 5 nitrogen and oxygen atoms in total. The molecule has 230 valence electrons. The van der Waals surface area contributed by atoms with Gasteiger partial charge in [0, 0.05) is 25.2 Å². The van der Waals surface area contributed by atoms with Crippen LogP contribution in [0.25, 0.3) is 0 Å². The molecule has 3 saturated carbocycles. The van der Waals surface area contributed by atoms with Crippen LogP contribution in [-0.4, -0.2) is 28.2 Å². The molecule has 3 fully saturated rings. The van der Waals surface area contributed by atoms with E-state index in [-0.39, 0.29) is 12.1 Å². The first-order valence-corrected chi connectivity index (χ1v) is 17.3. The Morgan fingerprint density at radius 3 is 2.66 bits per heavy atom. The van der Waals surface area contributed by atoms with Crippen LogP contribution in [0.1, 0.15) is 124 Å². The molecular formula is C36H60N4O. The van der Waals surface area contributed by atoms with Gasteiger partial charge in [-0.2, -0.15) is 0 Å². The molecule has 1 amide bonds. The van der Waals surface area contributed by atoms with Gasteiger partial charge in [0.1, 0.15) is 6.33 Å². The van der Waals surface area contributed by atoms with Crippen molar-refractivity contribution in [3.63, 3.8) is 0 Å². The standard InChI is InChI=1S/C36H60N4O/c1-24(2)8-7-9-25(3)31-12-13-32-30-11-10-28-21-27(14-17-35(28,5)33(30)15-18-36(31,32)6)16-19-38-34(41)40-22-29(39-23-40)20-26(4)37/h10,22-27,30-33H,7-9,11-21,37H2,1-6H3,(H,38,41)/t25-,26-,27?,30?,31-,32?,33?,35+,36-/m1/s1. The topological polar surface area (TPSA) is 72.9 Å². The van der Waals surface area contributed by atoms with Gasteiger partial charge in [0.15, 0.2) is 0 Å². The van der Waals surface area contributed by atoms with Crippen molar-refractivity contribution in [1.29, 1.82) is 0 Å². The number of aromatic nitrogens is 2. The Morgan fingerprint density at radius 1 is 1.10 bits per heavy atom. The van der Waals surface area contributed by atoms with Gasteiger partial charge in [-0.1, -0.05) is 65.5 Å². The number of carbonyl (C=O) groups is 1. The predicted molar refractivity (Wildman–Crippen MR) is 170 cm³/mol. The average Bonchev–Trinajstić information content (AvgIpc) is 3.52. The smallest absolute Gasteiger partial charge is 0.326 e. The number of nitrogens with one attached hydrogen (secondary N) is 1. The summed E-state index contributed by atoms with van der Waals surface area (Å²) in [5.74, 6) is 6.03. The third-order valence-corrected chi connectivity index (χ3v) is 12.6. The molecule has 0 saturated heterocycles. The minimum Gasteiger partial charge on any atom is -0.337 e. The van der Waals surface area contributed by atoms with E-state index in [9.17, 15) is 4.79 Å². The van der Waals surface area contributed by atoms with Crippen molar-refractivity contribution in [3.8, 4) is 0 Å². The monoisotopic (exact) mass is 564 g/mol. The van der Waals surface area contributed by atoms with Crippen molar-refractivity contribution in [2.24, 2.45) is 58.0 Å². The van der Waals surface area contributed by atoms with Crippen LogP contribution in [0.5, 0.6) is 0 Å². The van der Waals surface area contributed by atoms with Gasteiger partial charge in [-0.05, 0) is 117 Å². The van der Waals surface area contributed by atoms with Crippen LogP contribution in [0.2, 0.25) is 0 Å². The Morgan fingerprint density at radius 2 is 1.90 bits per heavy atom. The predicted octanol–water partition coefficient (Wildman–Crippen LogP) is 8.38. The fraction of sp³-hybridized carbons (Fsp3) is 0.833. The lowest BCUT2D eigenvalue weighted by atomic mass is 9.46. The molecule has 4 aliphatic carbocycles. The van der Waals surface area contributed by atoms with E-state index in [4.69, 9.17) is 5.73 Å². The molecule has 0 spiro atoms. The SMILES string of the molecule is CC(C)CCC[C@@H](C)[C@H]1CCC2C3CC=C4CC(CCNC(=O)n5cnc(C[C@@H](C)N)c5)CC[C@]4(C)C3CC[C@@]21C. The van der Waals surface area contributed by atoms with Crippen LogP contribution < -0.4 is 11.1 Å². The highest BCUT2D eigenvalue weighted by Crippen LogP contribution is 2.67. The summed E-state index contributed by atoms with van der Waals surface area (Å²) < 4.78 is 1.57. The minimum atomic E-state index is -0.0804. The van der Waals surface area contributed by atoms with Gasteiger partial charge in [0.05, 0.1) is 5.69 Å². The molecule has 0 aromatic carbocycles. The van der Waals surface area contributed by atoms with Crippen molar-refractivity contribution in [2.45, 2.75) is 131 Å². The second-order valence-corrected chi connectivity index (χ2v) is 15.9. The van der Waals surface area contributed by atoms with Gasteiger partial charge in [-0.15, -0.1) is 0 Å². The molecule has 4 unspecified atom stereocenters. The van der Waals surface area contributed by atoms with Crippen LogP contribution in [0.4, 0.5) is 4.79 Å². The number of carbonyl (C=O) groups excluding carboxylic acids is 1. The lowest BCUT2D eigenvalue weighted by Gasteiger charge is -2.58. The first-order valence-electron chi connectivity index (χ1n) is 17.3. The van der Waals surface area contributed by atoms with Crippen LogP contribution in [0, 0.1) is 52.3 Å². The Labute approximate surface area is 250 Å². The summed E-state index contributed by atoms with van der Waals surface area (Å²) in [7, 11) is 0. The Balaban J connectivity index is 1.15. The Kier molecular flexibility index (Phi) is 9.43. The van der Waals surface area contributed by atoms with Gasteiger partial charge in [-0.25, -0.2) is 9.78 Å². The molecule has 1 heterocycles. The van der Waals surface area contributed by atoms with E-state index < -0.39 is 0 Å². The molecule has 0 radical (unpaired) electrons. The second-order valence-electron chi connectivity index (χ2n) is 15.9. The van der Waals surface area contributed by atoms with E-state index in [1.54, 1.807) is 16.5 Å². The molecule has 0 aliphatic heterocycles. The summed E-state index contributed by atoms with van der Waals surface area (Å²) in [4.78, 5) is 17.0. The zero-order chi connectivity index (χ0) is 29.4. The van der Waals surface area contributed by atoms with Crippen LogP contribution in [0.15, 0.2) is 24.2 Å². The molecule has 1 aromatic heterocycles. The number of nitrogens with zero attached hydrogens (tertiary/aromatic N) is 2. The largest absolute Gasteiger partial charge is 0.337 e. The average molecular weight is 565 g/mol. The third-order valence-electron chi connectivity index (χ3n) is 12.6. The van der Waals surface area contributed by atoms with E-state index in [1.807, 2.05) is 13.1 Å². The summed E-state index contributed by atoms with van der Waals surface area (Å²) in [5.41, 5.74) is 9.47. The Bertz CT molecular complexity index is 1070. The summed E-state index contributed by atoms with van der Waals surface area (Å²) >= 11 is 0. The fourth-order valence-corrected chi connectivity index (χ4v) is 10.4. The molecule has 1 aromatic rings. The van der Waals surface area contributed by atoms with Crippen LogP contribution in [0.3, 0.4) is 0 Å². The van der Waals surface area contributed by atoms with Crippen molar-refractivity contribution in [2.75, 3.05) is 6.54 Å². The summed E-state index contributed by atoms with van der Waals surface area (Å²) in [5, 5.41) is 3.13. The first kappa shape index (κ1) is 30.8. The van der Waals surface area contributed by atoms with Gasteiger partial charge in [0.25, 0.3) is 0 Å². The van der Waals surface area contributed by atoms with E-state index in [1.165, 1.54) is 70.6 Å². The first-order chi connectivity index (χ1) is 19.5. The molecular weight excluding hydrogens is 504 g/mol. The van der Waals surface area contributed by atoms with Crippen molar-refractivity contribution < 1.29 is 4.79 Å². The number of amides is 1. The summed E-state index contributed by atoms with van der Waals surface area (Å²) in [6, 6.07) is -0.0350. The highest BCUT2D eigenvalue weighted by atomic mass is 16.2. The fourth-order valence-electron chi connectivity index (χ4n) is 10.4. The molecule has 0 bridgehead atoms. The summed E-state index contributed by atoms with van der Waals surface area (Å²) in [6.07, 6.45) is 23.1. The quantitative estimate of drug-likeness (QED) is 0.280. The molecule has 41 heavy (non-hydrogen) atoms. The van der Waals surface area contributed by atoms with Crippen molar-refractivity contribution >= 4 is 6.03 Å². The number of fused-ring (bicyclic) bond motifs is 5. The normalized spacial score (nSPS) is 36.2. The van der Waals surface area contributed by atoms with Gasteiger partial charge in [-0.3, -0.25) is 4.57 Å². The highest BCUT2D eigenvalue weighted by Gasteiger charge is 2.59. The van der Waals surface area contributed by atoms with E-state index in [2.05, 4.69) is 51.0 Å². The maximum absolute atomic E-state index is 12.7. The number of rotatable bonds is 10. The minimum absolute atomic E-state index is 0.0454. The molecule has 3 N–H and O–H groups in total. The zero-order valence-electron chi connectivity index (χ0n) is 27.1. The molecule has 5 heteroatoms. The molecule has 4 aliphatic rings.